The molecule has 0 aromatic heterocycles. The number of aliphatic hydroxyl groups excluding tert-OH is 1. The second-order valence-corrected chi connectivity index (χ2v) is 15.3. The molecule has 4 rings (SSSR count). The van der Waals surface area contributed by atoms with Crippen LogP contribution in [0.15, 0.2) is 23.3 Å². The van der Waals surface area contributed by atoms with Crippen LogP contribution in [0.1, 0.15) is 125 Å². The third kappa shape index (κ3) is 5.38. The van der Waals surface area contributed by atoms with Gasteiger partial charge >= 0.3 is 5.97 Å². The maximum Gasteiger partial charge on any atom is 0.303 e. The van der Waals surface area contributed by atoms with E-state index in [2.05, 4.69) is 6.92 Å². The number of fused-ring (bicyclic) bond motifs is 5. The third-order valence-electron chi connectivity index (χ3n) is 12.2. The molecular weight excluding hydrogens is 576 g/mol. The van der Waals surface area contributed by atoms with Gasteiger partial charge in [-0.1, -0.05) is 104 Å². The summed E-state index contributed by atoms with van der Waals surface area (Å²) >= 11 is 0. The monoisotopic (exact) mass is 634 g/mol. The lowest BCUT2D eigenvalue weighted by Gasteiger charge is -2.60. The molecule has 9 nitrogen and oxygen atoms in total. The average molecular weight is 635 g/mol. The van der Waals surface area contributed by atoms with E-state index in [1.54, 1.807) is 26.8 Å². The topological polar surface area (TPSA) is 165 Å². The second kappa shape index (κ2) is 12.8. The third-order valence-corrected chi connectivity index (χ3v) is 12.2. The summed E-state index contributed by atoms with van der Waals surface area (Å²) in [6, 6.07) is 0. The van der Waals surface area contributed by atoms with Gasteiger partial charge in [0.1, 0.15) is 5.60 Å². The molecule has 2 saturated carbocycles. The summed E-state index contributed by atoms with van der Waals surface area (Å²) in [7, 11) is 0. The van der Waals surface area contributed by atoms with Crippen LogP contribution < -0.4 is 0 Å². The zero-order chi connectivity index (χ0) is 33.6. The molecule has 0 aromatic rings. The van der Waals surface area contributed by atoms with Gasteiger partial charge in [-0.3, -0.25) is 9.59 Å². The van der Waals surface area contributed by atoms with Crippen molar-refractivity contribution in [3.05, 3.63) is 23.3 Å². The zero-order valence-electron chi connectivity index (χ0n) is 28.3. The number of hydrogen-bond acceptors (Lipinski definition) is 9. The number of ether oxygens (including phenoxy) is 1. The lowest BCUT2D eigenvalue weighted by molar-refractivity contribution is -0.368. The number of aliphatic hydroxyl groups is 6. The summed E-state index contributed by atoms with van der Waals surface area (Å²) in [6.07, 6.45) is 14.3. The Balaban J connectivity index is 1.65. The van der Waals surface area contributed by atoms with Gasteiger partial charge in [0.15, 0.2) is 22.8 Å². The normalized spacial score (nSPS) is 38.4. The van der Waals surface area contributed by atoms with E-state index in [0.29, 0.717) is 18.4 Å². The van der Waals surface area contributed by atoms with Crippen molar-refractivity contribution in [1.29, 1.82) is 0 Å². The molecule has 0 saturated heterocycles. The maximum atomic E-state index is 13.3. The molecule has 0 aromatic carbocycles. The van der Waals surface area contributed by atoms with E-state index < -0.39 is 75.6 Å². The van der Waals surface area contributed by atoms with Gasteiger partial charge in [-0.2, -0.15) is 0 Å². The first-order chi connectivity index (χ1) is 20.9. The molecule has 256 valence electrons. The van der Waals surface area contributed by atoms with Gasteiger partial charge in [0.2, 0.25) is 0 Å². The molecule has 6 N–H and O–H groups in total. The van der Waals surface area contributed by atoms with Crippen molar-refractivity contribution in [3.63, 3.8) is 0 Å². The summed E-state index contributed by atoms with van der Waals surface area (Å²) in [5.41, 5.74) is -9.00. The summed E-state index contributed by atoms with van der Waals surface area (Å²) in [5.74, 6) is -8.40. The van der Waals surface area contributed by atoms with E-state index >= 15 is 0 Å². The van der Waals surface area contributed by atoms with Crippen LogP contribution >= 0.6 is 0 Å². The maximum absolute atomic E-state index is 13.3. The van der Waals surface area contributed by atoms with Crippen molar-refractivity contribution in [3.8, 4) is 0 Å². The largest absolute Gasteiger partial charge is 0.455 e. The van der Waals surface area contributed by atoms with Gasteiger partial charge in [0, 0.05) is 48.9 Å². The molecule has 45 heavy (non-hydrogen) atoms. The molecule has 0 radical (unpaired) electrons. The van der Waals surface area contributed by atoms with Gasteiger partial charge in [-0.15, -0.1) is 0 Å². The highest BCUT2D eigenvalue weighted by atomic mass is 16.6. The minimum absolute atomic E-state index is 0.222. The van der Waals surface area contributed by atoms with Crippen molar-refractivity contribution in [2.24, 2.45) is 29.1 Å². The Kier molecular flexibility index (Phi) is 10.3. The van der Waals surface area contributed by atoms with Crippen LogP contribution in [0.3, 0.4) is 0 Å². The van der Waals surface area contributed by atoms with Gasteiger partial charge in [0.25, 0.3) is 0 Å². The van der Waals surface area contributed by atoms with E-state index in [-0.39, 0.29) is 18.4 Å². The predicted octanol–water partition coefficient (Wildman–Crippen LogP) is 4.25. The zero-order valence-corrected chi connectivity index (χ0v) is 28.3. The van der Waals surface area contributed by atoms with Crippen molar-refractivity contribution >= 4 is 11.8 Å². The van der Waals surface area contributed by atoms with Crippen LogP contribution in [0.5, 0.6) is 0 Å². The van der Waals surface area contributed by atoms with Crippen LogP contribution in [-0.2, 0) is 14.3 Å². The fourth-order valence-corrected chi connectivity index (χ4v) is 9.90. The molecule has 0 unspecified atom stereocenters. The Bertz CT molecular complexity index is 1190. The number of rotatable bonds is 15. The Hall–Kier alpha value is -1.62. The first-order valence-corrected chi connectivity index (χ1v) is 17.3. The molecule has 2 fully saturated rings. The Morgan fingerprint density at radius 1 is 0.956 bits per heavy atom. The number of esters is 1. The standard InChI is InChI=1S/C36H58O9/c1-7-8-9-10-11-12-13-14-15-16-17-18-33(41,42)35(44)24(3)34(43)27(29-31(5,6)36(29,35)45-25(4)38)20-26(22-37)21-32(40)28(34)19-23(2)30(32)39/h19-20,24,27-29,37,40-44H,7-18,21-22H2,1-6H3/t24-,27-,28+,29+,32+,34+,35-,36-/m0/s1. The van der Waals surface area contributed by atoms with Crippen molar-refractivity contribution in [2.75, 3.05) is 6.61 Å². The molecule has 4 aliphatic carbocycles. The number of unbranched alkanes of at least 4 members (excludes halogenated alkanes) is 10. The van der Waals surface area contributed by atoms with Gasteiger partial charge in [-0.05, 0) is 24.5 Å². The van der Waals surface area contributed by atoms with Gasteiger partial charge in [-0.25, -0.2) is 0 Å². The van der Waals surface area contributed by atoms with Crippen molar-refractivity contribution in [2.45, 2.75) is 153 Å². The fraction of sp³-hybridized carbons (Fsp3) is 0.833. The molecule has 9 heteroatoms. The molecule has 0 spiro atoms. The van der Waals surface area contributed by atoms with E-state index in [4.69, 9.17) is 4.74 Å². The number of hydrogen-bond donors (Lipinski definition) is 6. The quantitative estimate of drug-likeness (QED) is 0.0669. The minimum Gasteiger partial charge on any atom is -0.455 e. The predicted molar refractivity (Wildman–Crippen MR) is 170 cm³/mol. The van der Waals surface area contributed by atoms with Crippen LogP contribution in [0, 0.1) is 29.1 Å². The molecule has 0 bridgehead atoms. The highest BCUT2D eigenvalue weighted by Gasteiger charge is 2.94. The summed E-state index contributed by atoms with van der Waals surface area (Å²) in [5, 5.41) is 71.6. The van der Waals surface area contributed by atoms with E-state index in [1.165, 1.54) is 58.4 Å². The van der Waals surface area contributed by atoms with E-state index in [0.717, 1.165) is 19.3 Å². The molecular formula is C36H58O9. The van der Waals surface area contributed by atoms with Gasteiger partial charge < -0.3 is 35.4 Å². The first kappa shape index (κ1) is 36.2. The summed E-state index contributed by atoms with van der Waals surface area (Å²) < 4.78 is 5.97. The number of ketones is 1. The number of carbonyl (C=O) groups excluding carboxylic acids is 2. The first-order valence-electron chi connectivity index (χ1n) is 17.3. The van der Waals surface area contributed by atoms with E-state index in [1.807, 2.05) is 0 Å². The number of carbonyl (C=O) groups is 2. The van der Waals surface area contributed by atoms with Crippen LogP contribution in [-0.4, -0.2) is 77.2 Å². The lowest BCUT2D eigenvalue weighted by Crippen LogP contribution is -2.77. The fourth-order valence-electron chi connectivity index (χ4n) is 9.90. The van der Waals surface area contributed by atoms with Crippen molar-refractivity contribution < 1.29 is 45.0 Å². The molecule has 0 heterocycles. The Morgan fingerprint density at radius 2 is 1.49 bits per heavy atom. The SMILES string of the molecule is CCCCCCCCCCCCCC(O)(O)[C@@]1(O)[C@@H](C)[C@@]2(O)[C@@H](C=C(CO)C[C@]3(O)C(=O)C(C)=C[C@@H]23)[C@@H]2C(C)(C)[C@@]21OC(C)=O. The summed E-state index contributed by atoms with van der Waals surface area (Å²) in [4.78, 5) is 26.0. The Morgan fingerprint density at radius 3 is 2.00 bits per heavy atom. The smallest absolute Gasteiger partial charge is 0.303 e. The highest BCUT2D eigenvalue weighted by Crippen LogP contribution is 2.80. The average Bonchev–Trinajstić information content (AvgIpc) is 3.40. The lowest BCUT2D eigenvalue weighted by atomic mass is 9.52. The molecule has 8 atom stereocenters. The molecule has 0 aliphatic heterocycles. The van der Waals surface area contributed by atoms with Crippen LogP contribution in [0.4, 0.5) is 0 Å². The Labute approximate surface area is 268 Å². The number of Topliss-reactive ketones (excluding diaryl/α,β-unsaturated/α-hetero) is 1. The minimum atomic E-state index is -2.79. The second-order valence-electron chi connectivity index (χ2n) is 15.3. The van der Waals surface area contributed by atoms with Crippen LogP contribution in [0.25, 0.3) is 0 Å². The summed E-state index contributed by atoms with van der Waals surface area (Å²) in [6.45, 7) is 9.48. The van der Waals surface area contributed by atoms with Crippen molar-refractivity contribution in [1.82, 2.24) is 0 Å². The molecule has 0 amide bonds. The van der Waals surface area contributed by atoms with Gasteiger partial charge in [0.05, 0.1) is 12.2 Å². The molecule has 4 aliphatic rings. The van der Waals surface area contributed by atoms with E-state index in [9.17, 15) is 40.2 Å². The highest BCUT2D eigenvalue weighted by molar-refractivity contribution is 6.04. The van der Waals surface area contributed by atoms with Crippen LogP contribution in [0.2, 0.25) is 0 Å².